The Morgan fingerprint density at radius 2 is 1.83 bits per heavy atom. The summed E-state index contributed by atoms with van der Waals surface area (Å²) in [6.07, 6.45) is 1.60. The summed E-state index contributed by atoms with van der Waals surface area (Å²) in [5.74, 6) is 1.38. The van der Waals surface area contributed by atoms with Gasteiger partial charge in [-0.25, -0.2) is 9.97 Å². The minimum Gasteiger partial charge on any atom is -0.461 e. The highest BCUT2D eigenvalue weighted by molar-refractivity contribution is 5.70. The zero-order chi connectivity index (χ0) is 20.7. The summed E-state index contributed by atoms with van der Waals surface area (Å²) in [6, 6.07) is 14.6. The SMILES string of the molecule is CC(C)N1CCN(c2cccc(-c3cc4nc(-c5ccco5)nn4c(N)n3)c2)CC1. The van der Waals surface area contributed by atoms with Crippen LogP contribution in [0.3, 0.4) is 0 Å². The maximum atomic E-state index is 6.19. The number of rotatable bonds is 4. The summed E-state index contributed by atoms with van der Waals surface area (Å²) in [5.41, 5.74) is 9.82. The molecule has 0 unspecified atom stereocenters. The number of nitrogens with zero attached hydrogens (tertiary/aromatic N) is 6. The van der Waals surface area contributed by atoms with E-state index in [1.807, 2.05) is 12.1 Å². The number of anilines is 2. The molecule has 2 N–H and O–H groups in total. The zero-order valence-electron chi connectivity index (χ0n) is 17.2. The molecule has 0 atom stereocenters. The van der Waals surface area contributed by atoms with Crippen LogP contribution in [0.2, 0.25) is 0 Å². The second kappa shape index (κ2) is 7.46. The van der Waals surface area contributed by atoms with Gasteiger partial charge < -0.3 is 15.1 Å². The second-order valence-corrected chi connectivity index (χ2v) is 7.85. The number of aromatic nitrogens is 4. The van der Waals surface area contributed by atoms with Gasteiger partial charge in [-0.15, -0.1) is 5.10 Å². The molecule has 8 nitrogen and oxygen atoms in total. The van der Waals surface area contributed by atoms with Crippen molar-refractivity contribution in [3.63, 3.8) is 0 Å². The maximum Gasteiger partial charge on any atom is 0.223 e. The minimum atomic E-state index is 0.295. The van der Waals surface area contributed by atoms with Crippen LogP contribution in [0.25, 0.3) is 28.5 Å². The fourth-order valence-electron chi connectivity index (χ4n) is 3.93. The van der Waals surface area contributed by atoms with E-state index in [2.05, 4.69) is 63.0 Å². The summed E-state index contributed by atoms with van der Waals surface area (Å²) in [7, 11) is 0. The van der Waals surface area contributed by atoms with Gasteiger partial charge in [0.05, 0.1) is 12.0 Å². The molecule has 0 bridgehead atoms. The number of nitrogens with two attached hydrogens (primary N) is 1. The Bertz CT molecular complexity index is 1160. The van der Waals surface area contributed by atoms with E-state index in [1.54, 1.807) is 12.3 Å². The van der Waals surface area contributed by atoms with E-state index in [0.717, 1.165) is 37.4 Å². The van der Waals surface area contributed by atoms with Crippen LogP contribution in [-0.2, 0) is 0 Å². The lowest BCUT2D eigenvalue weighted by molar-refractivity contribution is 0.209. The number of benzene rings is 1. The standard InChI is InChI=1S/C22H25N7O/c1-15(2)27-8-10-28(11-9-27)17-6-3-5-16(13-17)18-14-20-25-21(19-7-4-12-30-19)26-29(20)22(23)24-18/h3-7,12-15H,8-11H2,1-2H3,(H2,23,24). The third kappa shape index (κ3) is 3.39. The number of nitrogen functional groups attached to an aromatic ring is 1. The van der Waals surface area contributed by atoms with Crippen LogP contribution >= 0.6 is 0 Å². The Morgan fingerprint density at radius 1 is 1.00 bits per heavy atom. The summed E-state index contributed by atoms with van der Waals surface area (Å²) in [4.78, 5) is 14.1. The first-order chi connectivity index (χ1) is 14.6. The van der Waals surface area contributed by atoms with Crippen molar-refractivity contribution in [2.24, 2.45) is 0 Å². The van der Waals surface area contributed by atoms with Crippen LogP contribution < -0.4 is 10.6 Å². The first kappa shape index (κ1) is 18.6. The van der Waals surface area contributed by atoms with Crippen LogP contribution in [0.1, 0.15) is 13.8 Å². The van der Waals surface area contributed by atoms with Crippen molar-refractivity contribution in [3.8, 4) is 22.8 Å². The third-order valence-corrected chi connectivity index (χ3v) is 5.64. The van der Waals surface area contributed by atoms with Gasteiger partial charge in [-0.3, -0.25) is 4.90 Å². The van der Waals surface area contributed by atoms with Crippen LogP contribution in [0, 0.1) is 0 Å². The van der Waals surface area contributed by atoms with Gasteiger partial charge in [-0.1, -0.05) is 12.1 Å². The van der Waals surface area contributed by atoms with Crippen LogP contribution in [0.4, 0.5) is 11.6 Å². The monoisotopic (exact) mass is 403 g/mol. The van der Waals surface area contributed by atoms with Crippen LogP contribution in [0.5, 0.6) is 0 Å². The molecule has 4 aromatic rings. The predicted octanol–water partition coefficient (Wildman–Crippen LogP) is 3.16. The summed E-state index contributed by atoms with van der Waals surface area (Å²) >= 11 is 0. The molecule has 1 aromatic carbocycles. The van der Waals surface area contributed by atoms with E-state index in [0.29, 0.717) is 29.2 Å². The van der Waals surface area contributed by atoms with Crippen molar-refractivity contribution in [3.05, 3.63) is 48.7 Å². The van der Waals surface area contributed by atoms with E-state index in [4.69, 9.17) is 10.2 Å². The minimum absolute atomic E-state index is 0.295. The smallest absolute Gasteiger partial charge is 0.223 e. The van der Waals surface area contributed by atoms with Gasteiger partial charge in [0.25, 0.3) is 0 Å². The highest BCUT2D eigenvalue weighted by Crippen LogP contribution is 2.27. The average molecular weight is 403 g/mol. The van der Waals surface area contributed by atoms with E-state index < -0.39 is 0 Å². The molecule has 0 radical (unpaired) electrons. The van der Waals surface area contributed by atoms with Gasteiger partial charge in [-0.2, -0.15) is 4.52 Å². The van der Waals surface area contributed by atoms with Crippen molar-refractivity contribution < 1.29 is 4.42 Å². The van der Waals surface area contributed by atoms with Gasteiger partial charge in [0.2, 0.25) is 11.8 Å². The van der Waals surface area contributed by atoms with Gasteiger partial charge in [-0.05, 0) is 38.1 Å². The molecule has 154 valence electrons. The van der Waals surface area contributed by atoms with E-state index in [1.165, 1.54) is 10.2 Å². The van der Waals surface area contributed by atoms with Crippen molar-refractivity contribution in [1.82, 2.24) is 24.5 Å². The van der Waals surface area contributed by atoms with Crippen molar-refractivity contribution in [2.45, 2.75) is 19.9 Å². The third-order valence-electron chi connectivity index (χ3n) is 5.64. The molecule has 8 heteroatoms. The lowest BCUT2D eigenvalue weighted by Gasteiger charge is -2.38. The molecule has 0 saturated carbocycles. The fourth-order valence-corrected chi connectivity index (χ4v) is 3.93. The number of hydrogen-bond acceptors (Lipinski definition) is 7. The fraction of sp³-hybridized carbons (Fsp3) is 0.318. The average Bonchev–Trinajstić information content (AvgIpc) is 3.44. The lowest BCUT2D eigenvalue weighted by Crippen LogP contribution is -2.48. The normalized spacial score (nSPS) is 15.4. The molecule has 1 aliphatic rings. The molecule has 0 spiro atoms. The molecule has 30 heavy (non-hydrogen) atoms. The second-order valence-electron chi connectivity index (χ2n) is 7.85. The Hall–Kier alpha value is -3.39. The molecule has 1 aliphatic heterocycles. The van der Waals surface area contributed by atoms with Gasteiger partial charge in [0.1, 0.15) is 0 Å². The summed E-state index contributed by atoms with van der Waals surface area (Å²) < 4.78 is 6.94. The largest absolute Gasteiger partial charge is 0.461 e. The van der Waals surface area contributed by atoms with Crippen LogP contribution in [0.15, 0.2) is 53.1 Å². The lowest BCUT2D eigenvalue weighted by atomic mass is 10.1. The van der Waals surface area contributed by atoms with E-state index in [9.17, 15) is 0 Å². The maximum absolute atomic E-state index is 6.19. The Morgan fingerprint density at radius 3 is 2.57 bits per heavy atom. The summed E-state index contributed by atoms with van der Waals surface area (Å²) in [5, 5.41) is 4.41. The van der Waals surface area contributed by atoms with E-state index >= 15 is 0 Å². The Labute approximate surface area is 174 Å². The van der Waals surface area contributed by atoms with Gasteiger partial charge >= 0.3 is 0 Å². The highest BCUT2D eigenvalue weighted by atomic mass is 16.3. The molecule has 3 aromatic heterocycles. The molecule has 1 saturated heterocycles. The number of hydrogen-bond donors (Lipinski definition) is 1. The first-order valence-corrected chi connectivity index (χ1v) is 10.2. The summed E-state index contributed by atoms with van der Waals surface area (Å²) in [6.45, 7) is 8.71. The van der Waals surface area contributed by atoms with Crippen molar-refractivity contribution in [2.75, 3.05) is 36.8 Å². The molecule has 5 rings (SSSR count). The highest BCUT2D eigenvalue weighted by Gasteiger charge is 2.19. The molecular formula is C22H25N7O. The number of piperazine rings is 1. The van der Waals surface area contributed by atoms with Crippen molar-refractivity contribution >= 4 is 17.3 Å². The first-order valence-electron chi connectivity index (χ1n) is 10.2. The van der Waals surface area contributed by atoms with E-state index in [-0.39, 0.29) is 0 Å². The number of furan rings is 1. The zero-order valence-corrected chi connectivity index (χ0v) is 17.2. The predicted molar refractivity (Wildman–Crippen MR) is 117 cm³/mol. The molecule has 1 fully saturated rings. The molecular weight excluding hydrogens is 378 g/mol. The molecule has 0 amide bonds. The Kier molecular flexibility index (Phi) is 4.63. The van der Waals surface area contributed by atoms with Gasteiger partial charge in [0.15, 0.2) is 11.4 Å². The quantitative estimate of drug-likeness (QED) is 0.560. The van der Waals surface area contributed by atoms with Crippen LogP contribution in [-0.4, -0.2) is 56.7 Å². The molecule has 4 heterocycles. The molecule has 0 aliphatic carbocycles. The topological polar surface area (TPSA) is 88.7 Å². The van der Waals surface area contributed by atoms with Crippen molar-refractivity contribution in [1.29, 1.82) is 0 Å². The number of fused-ring (bicyclic) bond motifs is 1. The Balaban J connectivity index is 1.45. The van der Waals surface area contributed by atoms with Gasteiger partial charge in [0, 0.05) is 49.5 Å².